The minimum atomic E-state index is -3.47. The predicted octanol–water partition coefficient (Wildman–Crippen LogP) is 4.94. The van der Waals surface area contributed by atoms with E-state index in [1.54, 1.807) is 37.4 Å². The molecule has 7 heteroatoms. The molecule has 0 aromatic rings. The standard InChI is InChI=1S/C14H29O4PS2/c1-7-17-19(16,18-8-2)13(12(15)11(5)6)14(20-9-3)21-10-4/h11-12,15H,7-10H2,1-6H3. The van der Waals surface area contributed by atoms with Crippen molar-refractivity contribution in [2.24, 2.45) is 5.92 Å². The van der Waals surface area contributed by atoms with E-state index in [4.69, 9.17) is 9.05 Å². The summed E-state index contributed by atoms with van der Waals surface area (Å²) in [6, 6.07) is 0. The molecule has 4 nitrogen and oxygen atoms in total. The van der Waals surface area contributed by atoms with Gasteiger partial charge in [0.1, 0.15) is 0 Å². The average molecular weight is 356 g/mol. The summed E-state index contributed by atoms with van der Waals surface area (Å²) in [6.45, 7) is 12.0. The number of rotatable bonds is 11. The van der Waals surface area contributed by atoms with Crippen molar-refractivity contribution in [3.63, 3.8) is 0 Å². The lowest BCUT2D eigenvalue weighted by Gasteiger charge is -2.27. The van der Waals surface area contributed by atoms with E-state index >= 15 is 0 Å². The number of aliphatic hydroxyl groups excluding tert-OH is 1. The lowest BCUT2D eigenvalue weighted by molar-refractivity contribution is 0.154. The molecule has 1 unspecified atom stereocenters. The molecule has 0 rings (SSSR count). The Balaban J connectivity index is 5.96. The van der Waals surface area contributed by atoms with Gasteiger partial charge in [-0.15, -0.1) is 23.5 Å². The summed E-state index contributed by atoms with van der Waals surface area (Å²) in [5.74, 6) is 1.63. The van der Waals surface area contributed by atoms with E-state index in [9.17, 15) is 9.67 Å². The van der Waals surface area contributed by atoms with Crippen LogP contribution >= 0.6 is 31.1 Å². The van der Waals surface area contributed by atoms with Crippen molar-refractivity contribution >= 4 is 31.1 Å². The quantitative estimate of drug-likeness (QED) is 0.529. The van der Waals surface area contributed by atoms with Crippen molar-refractivity contribution in [2.45, 2.75) is 47.6 Å². The third kappa shape index (κ3) is 6.67. The molecular formula is C14H29O4PS2. The second-order valence-corrected chi connectivity index (χ2v) is 9.36. The highest BCUT2D eigenvalue weighted by Gasteiger charge is 2.38. The fraction of sp³-hybridized carbons (Fsp3) is 0.857. The first-order valence-corrected chi connectivity index (χ1v) is 11.0. The van der Waals surface area contributed by atoms with Gasteiger partial charge in [-0.2, -0.15) is 0 Å². The highest BCUT2D eigenvalue weighted by Crippen LogP contribution is 2.61. The molecule has 0 bridgehead atoms. The van der Waals surface area contributed by atoms with Gasteiger partial charge in [0.05, 0.1) is 28.9 Å². The summed E-state index contributed by atoms with van der Waals surface area (Å²) < 4.78 is 25.0. The van der Waals surface area contributed by atoms with Crippen LogP contribution in [0.15, 0.2) is 9.55 Å². The summed E-state index contributed by atoms with van der Waals surface area (Å²) in [6.07, 6.45) is -0.831. The van der Waals surface area contributed by atoms with E-state index in [2.05, 4.69) is 0 Å². The first kappa shape index (κ1) is 21.6. The summed E-state index contributed by atoms with van der Waals surface area (Å²) >= 11 is 3.17. The van der Waals surface area contributed by atoms with Crippen LogP contribution in [0.4, 0.5) is 0 Å². The van der Waals surface area contributed by atoms with Crippen molar-refractivity contribution < 1.29 is 18.7 Å². The van der Waals surface area contributed by atoms with E-state index < -0.39 is 13.7 Å². The van der Waals surface area contributed by atoms with Gasteiger partial charge in [0.2, 0.25) is 0 Å². The molecule has 0 aliphatic heterocycles. The third-order valence-corrected chi connectivity index (χ3v) is 7.39. The molecule has 0 saturated carbocycles. The van der Waals surface area contributed by atoms with Crippen LogP contribution in [-0.2, 0) is 13.6 Å². The summed E-state index contributed by atoms with van der Waals surface area (Å²) in [7, 11) is -3.47. The van der Waals surface area contributed by atoms with Crippen LogP contribution in [0.1, 0.15) is 41.5 Å². The Morgan fingerprint density at radius 1 is 1.05 bits per heavy atom. The minimum Gasteiger partial charge on any atom is -0.388 e. The Bertz CT molecular complexity index is 354. The monoisotopic (exact) mass is 356 g/mol. The number of hydrogen-bond acceptors (Lipinski definition) is 6. The zero-order valence-electron chi connectivity index (χ0n) is 13.9. The zero-order chi connectivity index (χ0) is 16.5. The summed E-state index contributed by atoms with van der Waals surface area (Å²) in [4.78, 5) is 0. The molecule has 0 aromatic carbocycles. The van der Waals surface area contributed by atoms with E-state index in [1.165, 1.54) is 0 Å². The van der Waals surface area contributed by atoms with Gasteiger partial charge in [-0.3, -0.25) is 4.57 Å². The molecule has 0 aliphatic rings. The molecule has 1 atom stereocenters. The van der Waals surface area contributed by atoms with Gasteiger partial charge in [0, 0.05) is 0 Å². The van der Waals surface area contributed by atoms with Crippen molar-refractivity contribution in [3.05, 3.63) is 9.55 Å². The molecule has 0 spiro atoms. The van der Waals surface area contributed by atoms with Crippen LogP contribution in [0.25, 0.3) is 0 Å². The summed E-state index contributed by atoms with van der Waals surface area (Å²) in [5, 5.41) is 11.0. The molecule has 0 fully saturated rings. The SMILES string of the molecule is CCOP(=O)(OCC)C(=C(SCC)SCC)C(O)C(C)C. The smallest absolute Gasteiger partial charge is 0.361 e. The van der Waals surface area contributed by atoms with E-state index in [0.717, 1.165) is 15.7 Å². The fourth-order valence-electron chi connectivity index (χ4n) is 1.68. The Labute approximate surface area is 138 Å². The highest BCUT2D eigenvalue weighted by atomic mass is 32.2. The Morgan fingerprint density at radius 2 is 1.48 bits per heavy atom. The lowest BCUT2D eigenvalue weighted by atomic mass is 10.1. The third-order valence-electron chi connectivity index (χ3n) is 2.56. The molecule has 126 valence electrons. The maximum absolute atomic E-state index is 13.2. The van der Waals surface area contributed by atoms with Gasteiger partial charge in [-0.1, -0.05) is 27.7 Å². The highest BCUT2D eigenvalue weighted by molar-refractivity contribution is 8.22. The van der Waals surface area contributed by atoms with Gasteiger partial charge >= 0.3 is 7.60 Å². The number of aliphatic hydroxyl groups is 1. The first-order valence-electron chi connectivity index (χ1n) is 7.45. The van der Waals surface area contributed by atoms with Crippen LogP contribution in [0, 0.1) is 5.92 Å². The molecule has 0 aromatic heterocycles. The van der Waals surface area contributed by atoms with Crippen molar-refractivity contribution in [2.75, 3.05) is 24.7 Å². The second kappa shape index (κ2) is 11.1. The minimum absolute atomic E-state index is 0.0563. The maximum Gasteiger partial charge on any atom is 0.361 e. The van der Waals surface area contributed by atoms with Crippen molar-refractivity contribution in [3.8, 4) is 0 Å². The topological polar surface area (TPSA) is 55.8 Å². The van der Waals surface area contributed by atoms with Crippen LogP contribution in [-0.4, -0.2) is 35.9 Å². The Kier molecular flexibility index (Phi) is 11.4. The maximum atomic E-state index is 13.2. The molecule has 0 amide bonds. The van der Waals surface area contributed by atoms with Gasteiger partial charge in [-0.25, -0.2) is 0 Å². The van der Waals surface area contributed by atoms with Crippen LogP contribution in [0.3, 0.4) is 0 Å². The van der Waals surface area contributed by atoms with Gasteiger partial charge in [-0.05, 0) is 31.3 Å². The van der Waals surface area contributed by atoms with Gasteiger partial charge in [0.25, 0.3) is 0 Å². The number of thioether (sulfide) groups is 2. The summed E-state index contributed by atoms with van der Waals surface area (Å²) in [5.41, 5.74) is 0. The predicted molar refractivity (Wildman–Crippen MR) is 95.0 cm³/mol. The molecular weight excluding hydrogens is 327 g/mol. The van der Waals surface area contributed by atoms with Crippen molar-refractivity contribution in [1.82, 2.24) is 0 Å². The van der Waals surface area contributed by atoms with E-state index in [-0.39, 0.29) is 19.1 Å². The second-order valence-electron chi connectivity index (χ2n) is 4.56. The molecule has 21 heavy (non-hydrogen) atoms. The van der Waals surface area contributed by atoms with E-state index in [0.29, 0.717) is 5.31 Å². The molecule has 0 saturated heterocycles. The van der Waals surface area contributed by atoms with Crippen LogP contribution < -0.4 is 0 Å². The van der Waals surface area contributed by atoms with Crippen LogP contribution in [0.5, 0.6) is 0 Å². The Hall–Kier alpha value is 0.550. The molecule has 0 radical (unpaired) electrons. The van der Waals surface area contributed by atoms with Crippen molar-refractivity contribution in [1.29, 1.82) is 0 Å². The van der Waals surface area contributed by atoms with Gasteiger partial charge < -0.3 is 14.2 Å². The van der Waals surface area contributed by atoms with E-state index in [1.807, 2.05) is 27.7 Å². The molecule has 1 N–H and O–H groups in total. The largest absolute Gasteiger partial charge is 0.388 e. The first-order chi connectivity index (χ1) is 9.87. The molecule has 0 heterocycles. The lowest BCUT2D eigenvalue weighted by Crippen LogP contribution is -2.20. The van der Waals surface area contributed by atoms with Crippen LogP contribution in [0.2, 0.25) is 0 Å². The normalized spacial score (nSPS) is 13.5. The number of hydrogen-bond donors (Lipinski definition) is 1. The van der Waals surface area contributed by atoms with Gasteiger partial charge in [0.15, 0.2) is 0 Å². The zero-order valence-corrected chi connectivity index (χ0v) is 16.4. The fourth-order valence-corrected chi connectivity index (χ4v) is 6.72. The average Bonchev–Trinajstić information content (AvgIpc) is 2.39. The Morgan fingerprint density at radius 3 is 1.76 bits per heavy atom. The molecule has 0 aliphatic carbocycles.